The Labute approximate surface area is 94.5 Å². The molecular formula is C13H14N2O. The molecule has 0 bridgehead atoms. The minimum Gasteiger partial charge on any atom is -0.493 e. The summed E-state index contributed by atoms with van der Waals surface area (Å²) in [5.74, 6) is 2.78. The van der Waals surface area contributed by atoms with Gasteiger partial charge in [-0.25, -0.2) is 4.98 Å². The zero-order chi connectivity index (χ0) is 11.0. The van der Waals surface area contributed by atoms with E-state index >= 15 is 0 Å². The van der Waals surface area contributed by atoms with Crippen molar-refractivity contribution in [2.24, 2.45) is 5.92 Å². The number of H-pyrrole nitrogens is 1. The van der Waals surface area contributed by atoms with E-state index in [4.69, 9.17) is 4.74 Å². The van der Waals surface area contributed by atoms with Gasteiger partial charge in [-0.2, -0.15) is 0 Å². The third-order valence-corrected chi connectivity index (χ3v) is 3.14. The molecule has 82 valence electrons. The Bertz CT molecular complexity index is 478. The van der Waals surface area contributed by atoms with Crippen LogP contribution in [-0.2, 0) is 0 Å². The van der Waals surface area contributed by atoms with Crippen LogP contribution in [0.25, 0.3) is 0 Å². The number of ether oxygens (including phenoxy) is 1. The van der Waals surface area contributed by atoms with Crippen LogP contribution >= 0.6 is 0 Å². The van der Waals surface area contributed by atoms with Crippen LogP contribution in [0, 0.1) is 5.92 Å². The van der Waals surface area contributed by atoms with E-state index < -0.39 is 0 Å². The van der Waals surface area contributed by atoms with Crippen molar-refractivity contribution in [1.29, 1.82) is 0 Å². The SMILES string of the molecule is C[C@@H]1COc2ccccc2[C@@H]1c1ncc[nH]1. The van der Waals surface area contributed by atoms with E-state index in [1.807, 2.05) is 18.3 Å². The second kappa shape index (κ2) is 3.67. The van der Waals surface area contributed by atoms with Gasteiger partial charge in [-0.3, -0.25) is 0 Å². The molecule has 16 heavy (non-hydrogen) atoms. The monoisotopic (exact) mass is 214 g/mol. The molecule has 3 nitrogen and oxygen atoms in total. The van der Waals surface area contributed by atoms with Gasteiger partial charge in [-0.1, -0.05) is 25.1 Å². The van der Waals surface area contributed by atoms with Crippen LogP contribution in [0.3, 0.4) is 0 Å². The van der Waals surface area contributed by atoms with Crippen molar-refractivity contribution in [3.05, 3.63) is 48.0 Å². The van der Waals surface area contributed by atoms with Crippen LogP contribution in [0.5, 0.6) is 5.75 Å². The normalized spacial score (nSPS) is 23.6. The Kier molecular flexibility index (Phi) is 2.17. The molecule has 0 fully saturated rings. The number of benzene rings is 1. The summed E-state index contributed by atoms with van der Waals surface area (Å²) >= 11 is 0. The van der Waals surface area contributed by atoms with Crippen LogP contribution in [0.1, 0.15) is 24.2 Å². The molecule has 0 radical (unpaired) electrons. The first-order valence-corrected chi connectivity index (χ1v) is 5.57. The highest BCUT2D eigenvalue weighted by Gasteiger charge is 2.30. The number of para-hydroxylation sites is 1. The third-order valence-electron chi connectivity index (χ3n) is 3.14. The molecule has 0 aliphatic carbocycles. The van der Waals surface area contributed by atoms with Gasteiger partial charge in [0.15, 0.2) is 0 Å². The molecule has 1 aromatic carbocycles. The molecule has 0 saturated heterocycles. The number of hydrogen-bond acceptors (Lipinski definition) is 2. The van der Waals surface area contributed by atoms with Crippen LogP contribution in [0.15, 0.2) is 36.7 Å². The molecule has 2 heterocycles. The van der Waals surface area contributed by atoms with Gasteiger partial charge >= 0.3 is 0 Å². The van der Waals surface area contributed by atoms with Gasteiger partial charge in [0.2, 0.25) is 0 Å². The molecule has 3 rings (SSSR count). The third kappa shape index (κ3) is 1.40. The van der Waals surface area contributed by atoms with Crippen LogP contribution in [0.4, 0.5) is 0 Å². The molecule has 0 spiro atoms. The first-order valence-electron chi connectivity index (χ1n) is 5.57. The molecular weight excluding hydrogens is 200 g/mol. The standard InChI is InChI=1S/C13H14N2O/c1-9-8-16-11-5-3-2-4-10(11)12(9)13-14-6-7-15-13/h2-7,9,12H,8H2,1H3,(H,14,15)/t9-,12-/m1/s1. The van der Waals surface area contributed by atoms with Crippen LogP contribution in [-0.4, -0.2) is 16.6 Å². The van der Waals surface area contributed by atoms with Gasteiger partial charge in [0.25, 0.3) is 0 Å². The number of rotatable bonds is 1. The quantitative estimate of drug-likeness (QED) is 0.792. The lowest BCUT2D eigenvalue weighted by atomic mass is 9.84. The highest BCUT2D eigenvalue weighted by Crippen LogP contribution is 2.39. The molecule has 1 aliphatic rings. The number of hydrogen-bond donors (Lipinski definition) is 1. The first kappa shape index (κ1) is 9.46. The van der Waals surface area contributed by atoms with Crippen molar-refractivity contribution in [3.63, 3.8) is 0 Å². The van der Waals surface area contributed by atoms with E-state index in [9.17, 15) is 0 Å². The Hall–Kier alpha value is -1.77. The molecule has 3 heteroatoms. The van der Waals surface area contributed by atoms with E-state index in [2.05, 4.69) is 29.0 Å². The van der Waals surface area contributed by atoms with Crippen molar-refractivity contribution in [3.8, 4) is 5.75 Å². The van der Waals surface area contributed by atoms with Crippen molar-refractivity contribution in [2.75, 3.05) is 6.61 Å². The molecule has 0 saturated carbocycles. The van der Waals surface area contributed by atoms with Crippen molar-refractivity contribution < 1.29 is 4.74 Å². The molecule has 1 N–H and O–H groups in total. The summed E-state index contributed by atoms with van der Waals surface area (Å²) in [5, 5.41) is 0. The number of nitrogens with zero attached hydrogens (tertiary/aromatic N) is 1. The highest BCUT2D eigenvalue weighted by atomic mass is 16.5. The average Bonchev–Trinajstić information content (AvgIpc) is 2.82. The topological polar surface area (TPSA) is 37.9 Å². The summed E-state index contributed by atoms with van der Waals surface area (Å²) in [7, 11) is 0. The zero-order valence-electron chi connectivity index (χ0n) is 9.18. The predicted molar refractivity (Wildman–Crippen MR) is 61.5 cm³/mol. The fourth-order valence-electron chi connectivity index (χ4n) is 2.36. The Morgan fingerprint density at radius 3 is 3.06 bits per heavy atom. The number of aromatic nitrogens is 2. The summed E-state index contributed by atoms with van der Waals surface area (Å²) in [6.07, 6.45) is 3.68. The van der Waals surface area contributed by atoms with E-state index in [1.54, 1.807) is 6.20 Å². The minimum absolute atomic E-state index is 0.319. The molecule has 2 atom stereocenters. The summed E-state index contributed by atoms with van der Waals surface area (Å²) < 4.78 is 5.72. The zero-order valence-corrected chi connectivity index (χ0v) is 9.18. The second-order valence-corrected chi connectivity index (χ2v) is 4.28. The van der Waals surface area contributed by atoms with Gasteiger partial charge in [0, 0.05) is 23.9 Å². The Balaban J connectivity index is 2.10. The largest absolute Gasteiger partial charge is 0.493 e. The number of fused-ring (bicyclic) bond motifs is 1. The highest BCUT2D eigenvalue weighted by molar-refractivity contribution is 5.41. The van der Waals surface area contributed by atoms with E-state index in [1.165, 1.54) is 5.56 Å². The number of aromatic amines is 1. The molecule has 2 aromatic rings. The van der Waals surface area contributed by atoms with Crippen molar-refractivity contribution >= 4 is 0 Å². The average molecular weight is 214 g/mol. The maximum Gasteiger partial charge on any atom is 0.123 e. The van der Waals surface area contributed by atoms with Crippen molar-refractivity contribution in [1.82, 2.24) is 9.97 Å². The van der Waals surface area contributed by atoms with Gasteiger partial charge in [-0.05, 0) is 6.07 Å². The van der Waals surface area contributed by atoms with E-state index in [-0.39, 0.29) is 0 Å². The van der Waals surface area contributed by atoms with Crippen molar-refractivity contribution in [2.45, 2.75) is 12.8 Å². The fraction of sp³-hybridized carbons (Fsp3) is 0.308. The van der Waals surface area contributed by atoms with E-state index in [0.29, 0.717) is 11.8 Å². The second-order valence-electron chi connectivity index (χ2n) is 4.28. The van der Waals surface area contributed by atoms with Gasteiger partial charge in [0.05, 0.1) is 12.5 Å². The van der Waals surface area contributed by atoms with Gasteiger partial charge in [0.1, 0.15) is 11.6 Å². The Morgan fingerprint density at radius 1 is 1.38 bits per heavy atom. The molecule has 1 aromatic heterocycles. The lowest BCUT2D eigenvalue weighted by Gasteiger charge is -2.30. The van der Waals surface area contributed by atoms with E-state index in [0.717, 1.165) is 18.2 Å². The first-order chi connectivity index (χ1) is 7.86. The maximum absolute atomic E-state index is 5.72. The summed E-state index contributed by atoms with van der Waals surface area (Å²) in [6.45, 7) is 2.95. The Morgan fingerprint density at radius 2 is 2.25 bits per heavy atom. The lowest BCUT2D eigenvalue weighted by Crippen LogP contribution is -2.25. The van der Waals surface area contributed by atoms with Gasteiger partial charge in [-0.15, -0.1) is 0 Å². The molecule has 0 amide bonds. The van der Waals surface area contributed by atoms with Gasteiger partial charge < -0.3 is 9.72 Å². The maximum atomic E-state index is 5.72. The predicted octanol–water partition coefficient (Wildman–Crippen LogP) is 2.57. The molecule has 0 unspecified atom stereocenters. The number of nitrogens with one attached hydrogen (secondary N) is 1. The van der Waals surface area contributed by atoms with Crippen LogP contribution < -0.4 is 4.74 Å². The van der Waals surface area contributed by atoms with Crippen LogP contribution in [0.2, 0.25) is 0 Å². The number of imidazole rings is 1. The summed E-state index contributed by atoms with van der Waals surface area (Å²) in [4.78, 5) is 7.59. The minimum atomic E-state index is 0.319. The smallest absolute Gasteiger partial charge is 0.123 e. The molecule has 1 aliphatic heterocycles. The summed E-state index contributed by atoms with van der Waals surface area (Å²) in [6, 6.07) is 8.21. The fourth-order valence-corrected chi connectivity index (χ4v) is 2.36. The lowest BCUT2D eigenvalue weighted by molar-refractivity contribution is 0.215. The summed E-state index contributed by atoms with van der Waals surface area (Å²) in [5.41, 5.74) is 1.23.